The smallest absolute Gasteiger partial charge is 0.258 e. The number of nitro groups is 1. The summed E-state index contributed by atoms with van der Waals surface area (Å²) in [6.45, 7) is 8.29. The van der Waals surface area contributed by atoms with Crippen molar-refractivity contribution in [3.05, 3.63) is 129 Å². The second-order valence-corrected chi connectivity index (χ2v) is 7.84. The van der Waals surface area contributed by atoms with Gasteiger partial charge in [-0.1, -0.05) is 77.1 Å². The van der Waals surface area contributed by atoms with Gasteiger partial charge >= 0.3 is 0 Å². The molecule has 0 aliphatic rings. The number of rotatable bonds is 8. The molecule has 29 heavy (non-hydrogen) atoms. The Kier molecular flexibility index (Phi) is 6.78. The van der Waals surface area contributed by atoms with E-state index in [1.165, 1.54) is 5.56 Å². The van der Waals surface area contributed by atoms with E-state index in [4.69, 9.17) is 0 Å². The van der Waals surface area contributed by atoms with Gasteiger partial charge in [-0.05, 0) is 58.7 Å². The third kappa shape index (κ3) is 5.09. The maximum Gasteiger partial charge on any atom is 0.269 e. The van der Waals surface area contributed by atoms with Gasteiger partial charge in [0.25, 0.3) is 5.69 Å². The Balaban J connectivity index is 1.98. The summed E-state index contributed by atoms with van der Waals surface area (Å²) in [5.41, 5.74) is 5.52. The summed E-state index contributed by atoms with van der Waals surface area (Å²) in [6, 6.07) is 23.2. The van der Waals surface area contributed by atoms with E-state index in [1.54, 1.807) is 12.1 Å². The first-order valence-electron chi connectivity index (χ1n) is 9.38. The number of hydrogen-bond donors (Lipinski definition) is 0. The lowest BCUT2D eigenvalue weighted by Gasteiger charge is -2.21. The van der Waals surface area contributed by atoms with Crippen molar-refractivity contribution in [1.82, 2.24) is 0 Å². The highest BCUT2D eigenvalue weighted by Gasteiger charge is 2.18. The summed E-state index contributed by atoms with van der Waals surface area (Å²) < 4.78 is 1.01. The first-order chi connectivity index (χ1) is 14.0. The van der Waals surface area contributed by atoms with Crippen molar-refractivity contribution in [3.8, 4) is 0 Å². The maximum atomic E-state index is 10.9. The van der Waals surface area contributed by atoms with Gasteiger partial charge in [0.15, 0.2) is 0 Å². The quantitative estimate of drug-likeness (QED) is 0.206. The molecule has 4 heteroatoms. The lowest BCUT2D eigenvalue weighted by atomic mass is 9.83. The SMILES string of the molecule is C=CCC(Cc1ccc([N+](=O)[O-])cc1)c1cc(Br)ccc1C(=C)c1ccccc1. The summed E-state index contributed by atoms with van der Waals surface area (Å²) in [5, 5.41) is 10.9. The van der Waals surface area contributed by atoms with Crippen molar-refractivity contribution < 1.29 is 4.92 Å². The third-order valence-corrected chi connectivity index (χ3v) is 5.47. The van der Waals surface area contributed by atoms with Crippen LogP contribution in [0.15, 0.2) is 96.5 Å². The highest BCUT2D eigenvalue weighted by molar-refractivity contribution is 9.10. The minimum atomic E-state index is -0.374. The van der Waals surface area contributed by atoms with Crippen molar-refractivity contribution >= 4 is 27.2 Å². The molecule has 1 unspecified atom stereocenters. The number of nitrogens with zero attached hydrogens (tertiary/aromatic N) is 1. The van der Waals surface area contributed by atoms with Crippen LogP contribution in [0.5, 0.6) is 0 Å². The van der Waals surface area contributed by atoms with Gasteiger partial charge in [0, 0.05) is 16.6 Å². The van der Waals surface area contributed by atoms with Crippen LogP contribution in [0.25, 0.3) is 5.57 Å². The Morgan fingerprint density at radius 3 is 2.38 bits per heavy atom. The van der Waals surface area contributed by atoms with E-state index in [1.807, 2.05) is 42.5 Å². The topological polar surface area (TPSA) is 43.1 Å². The van der Waals surface area contributed by atoms with Crippen LogP contribution in [-0.4, -0.2) is 4.92 Å². The van der Waals surface area contributed by atoms with Crippen LogP contribution >= 0.6 is 15.9 Å². The number of benzene rings is 3. The largest absolute Gasteiger partial charge is 0.269 e. The number of halogens is 1. The molecular formula is C25H22BrNO2. The molecule has 1 atom stereocenters. The number of hydrogen-bond acceptors (Lipinski definition) is 2. The first kappa shape index (κ1) is 20.7. The van der Waals surface area contributed by atoms with Crippen molar-refractivity contribution in [2.75, 3.05) is 0 Å². The van der Waals surface area contributed by atoms with Crippen LogP contribution in [0.2, 0.25) is 0 Å². The van der Waals surface area contributed by atoms with E-state index in [9.17, 15) is 10.1 Å². The molecule has 0 amide bonds. The molecule has 0 heterocycles. The minimum absolute atomic E-state index is 0.106. The predicted octanol–water partition coefficient (Wildman–Crippen LogP) is 7.32. The zero-order valence-electron chi connectivity index (χ0n) is 16.1. The molecule has 0 saturated carbocycles. The molecule has 3 aromatic carbocycles. The second kappa shape index (κ2) is 9.48. The van der Waals surface area contributed by atoms with Crippen LogP contribution in [0.1, 0.15) is 34.6 Å². The molecule has 0 aromatic heterocycles. The lowest BCUT2D eigenvalue weighted by Crippen LogP contribution is -2.06. The maximum absolute atomic E-state index is 10.9. The van der Waals surface area contributed by atoms with Gasteiger partial charge in [-0.15, -0.1) is 6.58 Å². The van der Waals surface area contributed by atoms with Crippen molar-refractivity contribution in [1.29, 1.82) is 0 Å². The summed E-state index contributed by atoms with van der Waals surface area (Å²) in [6.07, 6.45) is 3.48. The fourth-order valence-corrected chi connectivity index (χ4v) is 3.88. The van der Waals surface area contributed by atoms with Crippen LogP contribution in [0.4, 0.5) is 5.69 Å². The lowest BCUT2D eigenvalue weighted by molar-refractivity contribution is -0.384. The second-order valence-electron chi connectivity index (χ2n) is 6.93. The Labute approximate surface area is 179 Å². The van der Waals surface area contributed by atoms with Gasteiger partial charge in [-0.2, -0.15) is 0 Å². The highest BCUT2D eigenvalue weighted by Crippen LogP contribution is 2.35. The highest BCUT2D eigenvalue weighted by atomic mass is 79.9. The molecule has 0 aliphatic carbocycles. The molecule has 0 bridgehead atoms. The van der Waals surface area contributed by atoms with E-state index in [-0.39, 0.29) is 16.5 Å². The third-order valence-electron chi connectivity index (χ3n) is 4.98. The summed E-state index contributed by atoms with van der Waals surface area (Å²) in [5.74, 6) is 0.182. The van der Waals surface area contributed by atoms with Gasteiger partial charge in [-0.3, -0.25) is 10.1 Å². The normalized spacial score (nSPS) is 11.6. The first-order valence-corrected chi connectivity index (χ1v) is 10.2. The number of non-ortho nitro benzene ring substituents is 1. The summed E-state index contributed by atoms with van der Waals surface area (Å²) in [4.78, 5) is 10.6. The zero-order valence-corrected chi connectivity index (χ0v) is 17.6. The molecule has 3 nitrogen and oxygen atoms in total. The van der Waals surface area contributed by atoms with Crippen molar-refractivity contribution in [2.24, 2.45) is 0 Å². The van der Waals surface area contributed by atoms with E-state index in [0.29, 0.717) is 0 Å². The molecule has 0 radical (unpaired) electrons. The van der Waals surface area contributed by atoms with Gasteiger partial charge in [0.1, 0.15) is 0 Å². The molecule has 3 rings (SSSR count). The average molecular weight is 448 g/mol. The molecule has 146 valence electrons. The van der Waals surface area contributed by atoms with E-state index >= 15 is 0 Å². The Morgan fingerprint density at radius 1 is 1.07 bits per heavy atom. The monoisotopic (exact) mass is 447 g/mol. The summed E-state index contributed by atoms with van der Waals surface area (Å²) in [7, 11) is 0. The summed E-state index contributed by atoms with van der Waals surface area (Å²) >= 11 is 3.60. The van der Waals surface area contributed by atoms with Crippen LogP contribution in [0.3, 0.4) is 0 Å². The van der Waals surface area contributed by atoms with Gasteiger partial charge < -0.3 is 0 Å². The van der Waals surface area contributed by atoms with Crippen LogP contribution in [-0.2, 0) is 6.42 Å². The molecule has 0 saturated heterocycles. The zero-order chi connectivity index (χ0) is 20.8. The van der Waals surface area contributed by atoms with Gasteiger partial charge in [0.05, 0.1) is 4.92 Å². The Bertz CT molecular complexity index is 1030. The van der Waals surface area contributed by atoms with Crippen LogP contribution in [0, 0.1) is 10.1 Å². The van der Waals surface area contributed by atoms with Crippen molar-refractivity contribution in [2.45, 2.75) is 18.8 Å². The molecule has 0 spiro atoms. The van der Waals surface area contributed by atoms with Gasteiger partial charge in [-0.25, -0.2) is 0 Å². The fraction of sp³-hybridized carbons (Fsp3) is 0.120. The number of allylic oxidation sites excluding steroid dienone is 1. The van der Waals surface area contributed by atoms with E-state index in [0.717, 1.165) is 39.6 Å². The molecule has 0 aliphatic heterocycles. The van der Waals surface area contributed by atoms with Gasteiger partial charge in [0.2, 0.25) is 0 Å². The van der Waals surface area contributed by atoms with E-state index in [2.05, 4.69) is 53.4 Å². The molecule has 0 N–H and O–H groups in total. The molecular weight excluding hydrogens is 426 g/mol. The Morgan fingerprint density at radius 2 is 1.76 bits per heavy atom. The van der Waals surface area contributed by atoms with Crippen molar-refractivity contribution in [3.63, 3.8) is 0 Å². The minimum Gasteiger partial charge on any atom is -0.258 e. The standard InChI is InChI=1S/C25H22BrNO2/c1-3-7-21(16-19-10-13-23(14-11-19)27(28)29)25-17-22(26)12-15-24(25)18(2)20-8-5-4-6-9-20/h3-6,8-15,17,21H,1-2,7,16H2. The fourth-order valence-electron chi connectivity index (χ4n) is 3.50. The number of nitro benzene ring substituents is 1. The van der Waals surface area contributed by atoms with E-state index < -0.39 is 0 Å². The Hall–Kier alpha value is -2.98. The molecule has 3 aromatic rings. The molecule has 0 fully saturated rings. The van der Waals surface area contributed by atoms with Crippen LogP contribution < -0.4 is 0 Å². The average Bonchev–Trinajstić information content (AvgIpc) is 2.74. The predicted molar refractivity (Wildman–Crippen MR) is 123 cm³/mol.